The first kappa shape index (κ1) is 12.1. The van der Waals surface area contributed by atoms with Gasteiger partial charge < -0.3 is 9.72 Å². The Hall–Kier alpha value is -0.920. The molecular weight excluding hydrogens is 254 g/mol. The second-order valence-corrected chi connectivity index (χ2v) is 6.81. The Labute approximate surface area is 106 Å². The summed E-state index contributed by atoms with van der Waals surface area (Å²) in [6.45, 7) is 1.97. The van der Waals surface area contributed by atoms with E-state index in [0.717, 1.165) is 25.9 Å². The Morgan fingerprint density at radius 3 is 2.83 bits per heavy atom. The van der Waals surface area contributed by atoms with Crippen LogP contribution in [0.4, 0.5) is 0 Å². The van der Waals surface area contributed by atoms with E-state index in [1.165, 1.54) is 12.5 Å². The Morgan fingerprint density at radius 2 is 2.28 bits per heavy atom. The number of aromatic nitrogens is 2. The molecule has 3 rings (SSSR count). The van der Waals surface area contributed by atoms with Crippen LogP contribution in [0.25, 0.3) is 0 Å². The van der Waals surface area contributed by atoms with E-state index in [1.54, 1.807) is 4.31 Å². The van der Waals surface area contributed by atoms with Gasteiger partial charge in [0, 0.05) is 19.2 Å². The average molecular weight is 271 g/mol. The van der Waals surface area contributed by atoms with Crippen LogP contribution in [-0.2, 0) is 14.8 Å². The van der Waals surface area contributed by atoms with Crippen molar-refractivity contribution in [1.29, 1.82) is 0 Å². The van der Waals surface area contributed by atoms with Gasteiger partial charge in [-0.2, -0.15) is 4.31 Å². The van der Waals surface area contributed by atoms with Crippen LogP contribution in [0.5, 0.6) is 0 Å². The van der Waals surface area contributed by atoms with Crippen LogP contribution in [0.1, 0.15) is 19.3 Å². The van der Waals surface area contributed by atoms with Crippen LogP contribution in [0.3, 0.4) is 0 Å². The molecule has 0 aromatic carbocycles. The maximum Gasteiger partial charge on any atom is 0.260 e. The second kappa shape index (κ2) is 4.64. The van der Waals surface area contributed by atoms with Gasteiger partial charge in [0.05, 0.1) is 19.1 Å². The zero-order valence-electron chi connectivity index (χ0n) is 10.1. The molecule has 6 nitrogen and oxygen atoms in total. The molecule has 0 bridgehead atoms. The molecule has 1 N–H and O–H groups in total. The number of ether oxygens (including phenoxy) is 1. The number of aromatic amines is 1. The minimum Gasteiger partial charge on any atom is -0.381 e. The van der Waals surface area contributed by atoms with Crippen LogP contribution in [-0.4, -0.2) is 48.5 Å². The first-order valence-corrected chi connectivity index (χ1v) is 7.70. The van der Waals surface area contributed by atoms with E-state index in [-0.39, 0.29) is 11.1 Å². The summed E-state index contributed by atoms with van der Waals surface area (Å²) in [5.41, 5.74) is 0. The molecule has 1 unspecified atom stereocenters. The van der Waals surface area contributed by atoms with Crippen molar-refractivity contribution in [3.05, 3.63) is 12.5 Å². The SMILES string of the molecule is O=S(=O)(c1cnc[nH]1)N(CC1CCOC1)C1CC1. The number of rotatable bonds is 5. The third-order valence-electron chi connectivity index (χ3n) is 3.48. The second-order valence-electron chi connectivity index (χ2n) is 4.95. The van der Waals surface area contributed by atoms with Crippen molar-refractivity contribution in [2.24, 2.45) is 5.92 Å². The number of sulfonamides is 1. The maximum absolute atomic E-state index is 12.5. The van der Waals surface area contributed by atoms with Crippen molar-refractivity contribution in [1.82, 2.24) is 14.3 Å². The summed E-state index contributed by atoms with van der Waals surface area (Å²) in [5.74, 6) is 0.322. The molecule has 1 saturated carbocycles. The van der Waals surface area contributed by atoms with Crippen molar-refractivity contribution in [2.45, 2.75) is 30.3 Å². The first-order chi connectivity index (χ1) is 8.68. The van der Waals surface area contributed by atoms with Gasteiger partial charge in [0.15, 0.2) is 5.03 Å². The van der Waals surface area contributed by atoms with Gasteiger partial charge in [0.1, 0.15) is 0 Å². The molecule has 2 heterocycles. The lowest BCUT2D eigenvalue weighted by Crippen LogP contribution is -2.37. The smallest absolute Gasteiger partial charge is 0.260 e. The highest BCUT2D eigenvalue weighted by Gasteiger charge is 2.40. The van der Waals surface area contributed by atoms with E-state index >= 15 is 0 Å². The number of H-pyrrole nitrogens is 1. The standard InChI is InChI=1S/C11H17N3O3S/c15-18(16,11-5-12-8-13-11)14(10-1-2-10)6-9-3-4-17-7-9/h5,8-10H,1-4,6-7H2,(H,12,13). The number of nitrogens with one attached hydrogen (secondary N) is 1. The van der Waals surface area contributed by atoms with E-state index in [4.69, 9.17) is 4.74 Å². The minimum atomic E-state index is -3.42. The molecule has 2 fully saturated rings. The van der Waals surface area contributed by atoms with Gasteiger partial charge in [0.2, 0.25) is 0 Å². The van der Waals surface area contributed by atoms with E-state index in [0.29, 0.717) is 19.1 Å². The minimum absolute atomic E-state index is 0.166. The zero-order valence-corrected chi connectivity index (χ0v) is 10.9. The largest absolute Gasteiger partial charge is 0.381 e. The molecule has 1 aromatic rings. The normalized spacial score (nSPS) is 24.8. The molecule has 1 saturated heterocycles. The van der Waals surface area contributed by atoms with Crippen LogP contribution < -0.4 is 0 Å². The molecule has 1 aromatic heterocycles. The first-order valence-electron chi connectivity index (χ1n) is 6.26. The molecular formula is C11H17N3O3S. The molecule has 2 aliphatic rings. The van der Waals surface area contributed by atoms with Gasteiger partial charge in [-0.05, 0) is 25.2 Å². The molecule has 0 radical (unpaired) electrons. The maximum atomic E-state index is 12.5. The molecule has 7 heteroatoms. The third kappa shape index (κ3) is 2.30. The summed E-state index contributed by atoms with van der Waals surface area (Å²) >= 11 is 0. The van der Waals surface area contributed by atoms with Crippen LogP contribution in [0.15, 0.2) is 17.6 Å². The van der Waals surface area contributed by atoms with Gasteiger partial charge in [0.25, 0.3) is 10.0 Å². The fourth-order valence-corrected chi connectivity index (χ4v) is 3.96. The molecule has 100 valence electrons. The highest BCUT2D eigenvalue weighted by atomic mass is 32.2. The molecule has 1 aliphatic carbocycles. The van der Waals surface area contributed by atoms with Crippen molar-refractivity contribution in [2.75, 3.05) is 19.8 Å². The molecule has 1 atom stereocenters. The fraction of sp³-hybridized carbons (Fsp3) is 0.727. The van der Waals surface area contributed by atoms with Crippen molar-refractivity contribution in [3.63, 3.8) is 0 Å². The van der Waals surface area contributed by atoms with Gasteiger partial charge >= 0.3 is 0 Å². The lowest BCUT2D eigenvalue weighted by molar-refractivity contribution is 0.180. The number of imidazole rings is 1. The summed E-state index contributed by atoms with van der Waals surface area (Å²) in [5, 5.41) is 0.188. The summed E-state index contributed by atoms with van der Waals surface area (Å²) in [6, 6.07) is 0.166. The summed E-state index contributed by atoms with van der Waals surface area (Å²) in [7, 11) is -3.42. The van der Waals surface area contributed by atoms with E-state index in [9.17, 15) is 8.42 Å². The number of hydrogen-bond acceptors (Lipinski definition) is 4. The Morgan fingerprint density at radius 1 is 1.44 bits per heavy atom. The van der Waals surface area contributed by atoms with Crippen LogP contribution in [0, 0.1) is 5.92 Å². The van der Waals surface area contributed by atoms with Gasteiger partial charge in [-0.1, -0.05) is 0 Å². The summed E-state index contributed by atoms with van der Waals surface area (Å²) in [6.07, 6.45) is 5.64. The quantitative estimate of drug-likeness (QED) is 0.851. The molecule has 0 amide bonds. The molecule has 1 aliphatic heterocycles. The van der Waals surface area contributed by atoms with Crippen molar-refractivity contribution < 1.29 is 13.2 Å². The Kier molecular flexibility index (Phi) is 3.13. The number of nitrogens with zero attached hydrogens (tertiary/aromatic N) is 2. The predicted octanol–water partition coefficient (Wildman–Crippen LogP) is 0.599. The molecule has 18 heavy (non-hydrogen) atoms. The van der Waals surface area contributed by atoms with Crippen molar-refractivity contribution >= 4 is 10.0 Å². The zero-order chi connectivity index (χ0) is 12.6. The topological polar surface area (TPSA) is 75.3 Å². The number of hydrogen-bond donors (Lipinski definition) is 1. The molecule has 0 spiro atoms. The predicted molar refractivity (Wildman–Crippen MR) is 64.4 cm³/mol. The van der Waals surface area contributed by atoms with Crippen molar-refractivity contribution in [3.8, 4) is 0 Å². The lowest BCUT2D eigenvalue weighted by Gasteiger charge is -2.23. The fourth-order valence-electron chi connectivity index (χ4n) is 2.30. The summed E-state index contributed by atoms with van der Waals surface area (Å²) < 4.78 is 31.9. The van der Waals surface area contributed by atoms with Gasteiger partial charge in [-0.15, -0.1) is 0 Å². The summed E-state index contributed by atoms with van der Waals surface area (Å²) in [4.78, 5) is 6.49. The monoisotopic (exact) mass is 271 g/mol. The Balaban J connectivity index is 1.80. The van der Waals surface area contributed by atoms with E-state index in [1.807, 2.05) is 0 Å². The Bertz CT molecular complexity index is 490. The average Bonchev–Trinajstić information content (AvgIpc) is 2.87. The van der Waals surface area contributed by atoms with E-state index < -0.39 is 10.0 Å². The van der Waals surface area contributed by atoms with Crippen LogP contribution in [0.2, 0.25) is 0 Å². The third-order valence-corrected chi connectivity index (χ3v) is 5.32. The van der Waals surface area contributed by atoms with Gasteiger partial charge in [-0.3, -0.25) is 0 Å². The lowest BCUT2D eigenvalue weighted by atomic mass is 10.1. The van der Waals surface area contributed by atoms with Gasteiger partial charge in [-0.25, -0.2) is 13.4 Å². The van der Waals surface area contributed by atoms with Crippen LogP contribution >= 0.6 is 0 Å². The highest BCUT2D eigenvalue weighted by molar-refractivity contribution is 7.89. The van der Waals surface area contributed by atoms with E-state index in [2.05, 4.69) is 9.97 Å². The highest BCUT2D eigenvalue weighted by Crippen LogP contribution is 2.33.